The summed E-state index contributed by atoms with van der Waals surface area (Å²) in [6.07, 6.45) is 1.54. The van der Waals surface area contributed by atoms with Crippen LogP contribution >= 0.6 is 0 Å². The van der Waals surface area contributed by atoms with E-state index in [4.69, 9.17) is 5.11 Å². The standard InChI is InChI=1S/C13H22N4O3/c1-13(2,3)10(7-11(18)19)16-12(20)14-8-9-5-6-15-17(9)4/h5-6,10H,7-8H2,1-4H3,(H,18,19)(H2,14,16,20). The van der Waals surface area contributed by atoms with E-state index >= 15 is 0 Å². The number of carbonyl (C=O) groups excluding carboxylic acids is 1. The maximum absolute atomic E-state index is 11.8. The molecular weight excluding hydrogens is 260 g/mol. The quantitative estimate of drug-likeness (QED) is 0.753. The average Bonchev–Trinajstić information content (AvgIpc) is 2.69. The smallest absolute Gasteiger partial charge is 0.315 e. The van der Waals surface area contributed by atoms with E-state index in [9.17, 15) is 9.59 Å². The first-order valence-electron chi connectivity index (χ1n) is 6.43. The molecule has 0 fully saturated rings. The fourth-order valence-electron chi connectivity index (χ4n) is 1.70. The van der Waals surface area contributed by atoms with Crippen LogP contribution in [0, 0.1) is 5.41 Å². The number of aryl methyl sites for hydroxylation is 1. The molecule has 0 radical (unpaired) electrons. The van der Waals surface area contributed by atoms with E-state index in [2.05, 4.69) is 15.7 Å². The van der Waals surface area contributed by atoms with Crippen LogP contribution in [0.5, 0.6) is 0 Å². The van der Waals surface area contributed by atoms with Gasteiger partial charge in [0.15, 0.2) is 0 Å². The van der Waals surface area contributed by atoms with Gasteiger partial charge in [0.25, 0.3) is 0 Å². The van der Waals surface area contributed by atoms with Gasteiger partial charge in [-0.25, -0.2) is 4.79 Å². The van der Waals surface area contributed by atoms with Crippen molar-refractivity contribution in [3.63, 3.8) is 0 Å². The van der Waals surface area contributed by atoms with E-state index in [0.29, 0.717) is 6.54 Å². The van der Waals surface area contributed by atoms with Gasteiger partial charge >= 0.3 is 12.0 Å². The van der Waals surface area contributed by atoms with Crippen molar-refractivity contribution in [3.05, 3.63) is 18.0 Å². The predicted octanol–water partition coefficient (Wildman–Crippen LogP) is 1.11. The Balaban J connectivity index is 2.54. The molecule has 7 heteroatoms. The van der Waals surface area contributed by atoms with Crippen molar-refractivity contribution in [3.8, 4) is 0 Å². The van der Waals surface area contributed by atoms with Gasteiger partial charge in [-0.2, -0.15) is 5.10 Å². The van der Waals surface area contributed by atoms with E-state index in [1.165, 1.54) is 0 Å². The normalized spacial score (nSPS) is 12.8. The zero-order chi connectivity index (χ0) is 15.3. The maximum Gasteiger partial charge on any atom is 0.315 e. The lowest BCUT2D eigenvalue weighted by atomic mass is 9.85. The highest BCUT2D eigenvalue weighted by Crippen LogP contribution is 2.21. The fourth-order valence-corrected chi connectivity index (χ4v) is 1.70. The predicted molar refractivity (Wildman–Crippen MR) is 74.1 cm³/mol. The van der Waals surface area contributed by atoms with Crippen molar-refractivity contribution in [2.75, 3.05) is 0 Å². The molecule has 0 spiro atoms. The SMILES string of the molecule is Cn1nccc1CNC(=O)NC(CC(=O)O)C(C)(C)C. The lowest BCUT2D eigenvalue weighted by Crippen LogP contribution is -2.48. The van der Waals surface area contributed by atoms with Gasteiger partial charge in [-0.3, -0.25) is 9.48 Å². The van der Waals surface area contributed by atoms with E-state index in [0.717, 1.165) is 5.69 Å². The van der Waals surface area contributed by atoms with Crippen LogP contribution in [-0.2, 0) is 18.4 Å². The van der Waals surface area contributed by atoms with Gasteiger partial charge in [-0.1, -0.05) is 20.8 Å². The van der Waals surface area contributed by atoms with Crippen molar-refractivity contribution in [2.45, 2.75) is 39.8 Å². The summed E-state index contributed by atoms with van der Waals surface area (Å²) >= 11 is 0. The third kappa shape index (κ3) is 4.91. The molecule has 112 valence electrons. The molecule has 20 heavy (non-hydrogen) atoms. The molecule has 1 aromatic heterocycles. The summed E-state index contributed by atoms with van der Waals surface area (Å²) in [5.41, 5.74) is 0.535. The van der Waals surface area contributed by atoms with Crippen molar-refractivity contribution >= 4 is 12.0 Å². The lowest BCUT2D eigenvalue weighted by Gasteiger charge is -2.30. The molecule has 0 aliphatic heterocycles. The van der Waals surface area contributed by atoms with Gasteiger partial charge in [0, 0.05) is 19.3 Å². The second-order valence-electron chi connectivity index (χ2n) is 5.79. The first-order chi connectivity index (χ1) is 9.20. The Bertz CT molecular complexity index is 476. The number of carbonyl (C=O) groups is 2. The van der Waals surface area contributed by atoms with Crippen LogP contribution in [0.2, 0.25) is 0 Å². The molecule has 0 aliphatic rings. The van der Waals surface area contributed by atoms with E-state index in [-0.39, 0.29) is 17.9 Å². The Labute approximate surface area is 118 Å². The van der Waals surface area contributed by atoms with Gasteiger partial charge in [0.2, 0.25) is 0 Å². The van der Waals surface area contributed by atoms with Gasteiger partial charge < -0.3 is 15.7 Å². The number of carboxylic acid groups (broad SMARTS) is 1. The highest BCUT2D eigenvalue weighted by Gasteiger charge is 2.28. The molecule has 1 atom stereocenters. The summed E-state index contributed by atoms with van der Waals surface area (Å²) in [4.78, 5) is 22.7. The largest absolute Gasteiger partial charge is 0.481 e. The van der Waals surface area contributed by atoms with E-state index < -0.39 is 12.0 Å². The van der Waals surface area contributed by atoms with Gasteiger partial charge in [-0.05, 0) is 11.5 Å². The summed E-state index contributed by atoms with van der Waals surface area (Å²) in [5.74, 6) is -0.933. The third-order valence-corrected chi connectivity index (χ3v) is 3.08. The molecule has 2 amide bonds. The minimum absolute atomic E-state index is 0.109. The average molecular weight is 282 g/mol. The van der Waals surface area contributed by atoms with Crippen LogP contribution in [-0.4, -0.2) is 32.9 Å². The second kappa shape index (κ2) is 6.40. The number of nitrogens with zero attached hydrogens (tertiary/aromatic N) is 2. The Kier molecular flexibility index (Phi) is 5.12. The van der Waals surface area contributed by atoms with Crippen molar-refractivity contribution < 1.29 is 14.7 Å². The van der Waals surface area contributed by atoms with Crippen LogP contribution in [0.3, 0.4) is 0 Å². The topological polar surface area (TPSA) is 96.3 Å². The molecule has 1 aromatic rings. The third-order valence-electron chi connectivity index (χ3n) is 3.08. The Morgan fingerprint density at radius 3 is 2.55 bits per heavy atom. The highest BCUT2D eigenvalue weighted by atomic mass is 16.4. The van der Waals surface area contributed by atoms with Gasteiger partial charge in [0.1, 0.15) is 0 Å². The summed E-state index contributed by atoms with van der Waals surface area (Å²) in [6.45, 7) is 6.01. The first kappa shape index (κ1) is 16.0. The first-order valence-corrected chi connectivity index (χ1v) is 6.43. The van der Waals surface area contributed by atoms with Crippen LogP contribution in [0.4, 0.5) is 4.79 Å². The second-order valence-corrected chi connectivity index (χ2v) is 5.79. The van der Waals surface area contributed by atoms with Crippen LogP contribution in [0.1, 0.15) is 32.9 Å². The summed E-state index contributed by atoms with van der Waals surface area (Å²) in [5, 5.41) is 18.3. The summed E-state index contributed by atoms with van der Waals surface area (Å²) < 4.78 is 1.67. The van der Waals surface area contributed by atoms with E-state index in [1.54, 1.807) is 24.0 Å². The van der Waals surface area contributed by atoms with Gasteiger partial charge in [-0.15, -0.1) is 0 Å². The number of aliphatic carboxylic acids is 1. The summed E-state index contributed by atoms with van der Waals surface area (Å²) in [6, 6.07) is 0.984. The number of hydrogen-bond donors (Lipinski definition) is 3. The van der Waals surface area contributed by atoms with Crippen LogP contribution in [0.25, 0.3) is 0 Å². The number of hydrogen-bond acceptors (Lipinski definition) is 3. The lowest BCUT2D eigenvalue weighted by molar-refractivity contribution is -0.138. The fraction of sp³-hybridized carbons (Fsp3) is 0.615. The van der Waals surface area contributed by atoms with Crippen molar-refractivity contribution in [1.29, 1.82) is 0 Å². The van der Waals surface area contributed by atoms with Crippen molar-refractivity contribution in [1.82, 2.24) is 20.4 Å². The molecule has 0 bridgehead atoms. The Morgan fingerprint density at radius 1 is 1.45 bits per heavy atom. The zero-order valence-electron chi connectivity index (χ0n) is 12.3. The summed E-state index contributed by atoms with van der Waals surface area (Å²) in [7, 11) is 1.79. The number of aromatic nitrogens is 2. The molecule has 7 nitrogen and oxygen atoms in total. The number of nitrogens with one attached hydrogen (secondary N) is 2. The Hall–Kier alpha value is -2.05. The molecule has 0 saturated heterocycles. The molecule has 0 aromatic carbocycles. The van der Waals surface area contributed by atoms with Crippen LogP contribution < -0.4 is 10.6 Å². The minimum Gasteiger partial charge on any atom is -0.481 e. The number of amides is 2. The molecule has 1 heterocycles. The molecule has 0 aliphatic carbocycles. The monoisotopic (exact) mass is 282 g/mol. The Morgan fingerprint density at radius 2 is 2.10 bits per heavy atom. The highest BCUT2D eigenvalue weighted by molar-refractivity contribution is 5.75. The molecule has 3 N–H and O–H groups in total. The maximum atomic E-state index is 11.8. The zero-order valence-corrected chi connectivity index (χ0v) is 12.3. The number of rotatable bonds is 5. The van der Waals surface area contributed by atoms with Gasteiger partial charge in [0.05, 0.1) is 18.7 Å². The molecule has 0 saturated carbocycles. The molecule has 1 unspecified atom stereocenters. The van der Waals surface area contributed by atoms with E-state index in [1.807, 2.05) is 20.8 Å². The van der Waals surface area contributed by atoms with Crippen LogP contribution in [0.15, 0.2) is 12.3 Å². The van der Waals surface area contributed by atoms with Crippen molar-refractivity contribution in [2.24, 2.45) is 12.5 Å². The number of urea groups is 1. The number of carboxylic acids is 1. The minimum atomic E-state index is -0.933. The molecule has 1 rings (SSSR count). The molecular formula is C13H22N4O3.